The minimum Gasteiger partial charge on any atom is -0.361 e. The van der Waals surface area contributed by atoms with Crippen LogP contribution in [0.25, 0.3) is 0 Å². The van der Waals surface area contributed by atoms with Crippen molar-refractivity contribution in [3.63, 3.8) is 0 Å². The number of aromatic nitrogens is 2. The second kappa shape index (κ2) is 6.97. The zero-order valence-electron chi connectivity index (χ0n) is 12.0. The van der Waals surface area contributed by atoms with Crippen LogP contribution in [0.5, 0.6) is 0 Å². The van der Waals surface area contributed by atoms with Crippen molar-refractivity contribution in [1.29, 1.82) is 0 Å². The molecule has 0 spiro atoms. The highest BCUT2D eigenvalue weighted by Gasteiger charge is 2.14. The van der Waals surface area contributed by atoms with Gasteiger partial charge < -0.3 is 10.6 Å². The summed E-state index contributed by atoms with van der Waals surface area (Å²) in [5.41, 5.74) is 0.457. The topological polar surface area (TPSA) is 49.8 Å². The van der Waals surface area contributed by atoms with E-state index in [1.165, 1.54) is 6.07 Å². The third-order valence-electron chi connectivity index (χ3n) is 3.00. The van der Waals surface area contributed by atoms with Crippen LogP contribution in [0.4, 0.5) is 20.5 Å². The fourth-order valence-electron chi connectivity index (χ4n) is 1.90. The first-order valence-electron chi connectivity index (χ1n) is 6.89. The van der Waals surface area contributed by atoms with Crippen molar-refractivity contribution in [1.82, 2.24) is 9.97 Å². The zero-order valence-corrected chi connectivity index (χ0v) is 12.0. The third-order valence-corrected chi connectivity index (χ3v) is 3.00. The fourth-order valence-corrected chi connectivity index (χ4v) is 1.90. The SMILES string of the molecule is CCCNc1ncc(F)c(NC(C)c2ccccc2F)n1. The molecule has 2 N–H and O–H groups in total. The van der Waals surface area contributed by atoms with Gasteiger partial charge in [-0.15, -0.1) is 0 Å². The minimum absolute atomic E-state index is 0.0550. The maximum Gasteiger partial charge on any atom is 0.224 e. The van der Waals surface area contributed by atoms with Gasteiger partial charge in [0.2, 0.25) is 5.95 Å². The summed E-state index contributed by atoms with van der Waals surface area (Å²) in [6.45, 7) is 4.46. The molecule has 0 fully saturated rings. The number of halogens is 2. The summed E-state index contributed by atoms with van der Waals surface area (Å²) in [5, 5.41) is 5.86. The lowest BCUT2D eigenvalue weighted by Gasteiger charge is -2.16. The van der Waals surface area contributed by atoms with Crippen molar-refractivity contribution in [2.24, 2.45) is 0 Å². The summed E-state index contributed by atoms with van der Waals surface area (Å²) in [7, 11) is 0. The van der Waals surface area contributed by atoms with Crippen molar-refractivity contribution in [3.05, 3.63) is 47.7 Å². The molecule has 2 rings (SSSR count). The van der Waals surface area contributed by atoms with Gasteiger partial charge in [0, 0.05) is 12.1 Å². The molecule has 0 aliphatic carbocycles. The predicted molar refractivity (Wildman–Crippen MR) is 79.2 cm³/mol. The maximum atomic E-state index is 13.8. The quantitative estimate of drug-likeness (QED) is 0.851. The number of anilines is 2. The van der Waals surface area contributed by atoms with Crippen LogP contribution in [0, 0.1) is 11.6 Å². The molecule has 0 radical (unpaired) electrons. The van der Waals surface area contributed by atoms with Crippen LogP contribution in [0.3, 0.4) is 0 Å². The average Bonchev–Trinajstić information content (AvgIpc) is 2.48. The molecule has 21 heavy (non-hydrogen) atoms. The highest BCUT2D eigenvalue weighted by molar-refractivity contribution is 5.43. The summed E-state index contributed by atoms with van der Waals surface area (Å²) in [6, 6.07) is 5.97. The van der Waals surface area contributed by atoms with E-state index in [1.807, 2.05) is 6.92 Å². The molecule has 0 amide bonds. The average molecular weight is 292 g/mol. The van der Waals surface area contributed by atoms with Gasteiger partial charge in [-0.05, 0) is 19.4 Å². The maximum absolute atomic E-state index is 13.8. The molecule has 0 bridgehead atoms. The van der Waals surface area contributed by atoms with Crippen molar-refractivity contribution >= 4 is 11.8 Å². The van der Waals surface area contributed by atoms with E-state index in [2.05, 4.69) is 20.6 Å². The van der Waals surface area contributed by atoms with E-state index in [1.54, 1.807) is 25.1 Å². The normalized spacial score (nSPS) is 12.0. The van der Waals surface area contributed by atoms with Gasteiger partial charge in [0.15, 0.2) is 11.6 Å². The lowest BCUT2D eigenvalue weighted by molar-refractivity contribution is 0.593. The largest absolute Gasteiger partial charge is 0.361 e. The Balaban J connectivity index is 2.16. The third kappa shape index (κ3) is 3.87. The summed E-state index contributed by atoms with van der Waals surface area (Å²) >= 11 is 0. The van der Waals surface area contributed by atoms with Gasteiger partial charge in [0.25, 0.3) is 0 Å². The standard InChI is InChI=1S/C15H18F2N4/c1-3-8-18-15-19-9-13(17)14(21-15)20-10(2)11-6-4-5-7-12(11)16/h4-7,9-10H,3,8H2,1-2H3,(H2,18,19,20,21). The number of nitrogens with zero attached hydrogens (tertiary/aromatic N) is 2. The molecule has 6 heteroatoms. The molecule has 0 saturated carbocycles. The van der Waals surface area contributed by atoms with E-state index < -0.39 is 11.9 Å². The van der Waals surface area contributed by atoms with E-state index in [-0.39, 0.29) is 11.6 Å². The molecule has 1 unspecified atom stereocenters. The van der Waals surface area contributed by atoms with Gasteiger partial charge in [0.05, 0.1) is 12.2 Å². The number of hydrogen-bond donors (Lipinski definition) is 2. The number of hydrogen-bond acceptors (Lipinski definition) is 4. The van der Waals surface area contributed by atoms with Crippen LogP contribution in [-0.2, 0) is 0 Å². The van der Waals surface area contributed by atoms with E-state index in [0.717, 1.165) is 12.6 Å². The molecule has 112 valence electrons. The first-order chi connectivity index (χ1) is 10.1. The number of benzene rings is 1. The Morgan fingerprint density at radius 3 is 2.67 bits per heavy atom. The molecule has 1 aromatic heterocycles. The van der Waals surface area contributed by atoms with Crippen molar-refractivity contribution in [2.45, 2.75) is 26.3 Å². The lowest BCUT2D eigenvalue weighted by Crippen LogP contribution is -2.13. The molecular formula is C15H18F2N4. The van der Waals surface area contributed by atoms with E-state index in [4.69, 9.17) is 0 Å². The fraction of sp³-hybridized carbons (Fsp3) is 0.333. The van der Waals surface area contributed by atoms with Gasteiger partial charge in [-0.3, -0.25) is 0 Å². The molecule has 0 aliphatic heterocycles. The Morgan fingerprint density at radius 2 is 1.95 bits per heavy atom. The van der Waals surface area contributed by atoms with Crippen molar-refractivity contribution < 1.29 is 8.78 Å². The second-order valence-electron chi connectivity index (χ2n) is 4.70. The van der Waals surface area contributed by atoms with E-state index >= 15 is 0 Å². The van der Waals surface area contributed by atoms with Crippen LogP contribution >= 0.6 is 0 Å². The van der Waals surface area contributed by atoms with Crippen LogP contribution in [0.15, 0.2) is 30.5 Å². The van der Waals surface area contributed by atoms with Gasteiger partial charge in [-0.2, -0.15) is 4.98 Å². The van der Waals surface area contributed by atoms with Crippen LogP contribution in [0.2, 0.25) is 0 Å². The molecule has 0 saturated heterocycles. The molecule has 2 aromatic rings. The second-order valence-corrected chi connectivity index (χ2v) is 4.70. The molecule has 1 aromatic carbocycles. The van der Waals surface area contributed by atoms with E-state index in [0.29, 0.717) is 18.1 Å². The number of rotatable bonds is 6. The minimum atomic E-state index is -0.569. The smallest absolute Gasteiger partial charge is 0.224 e. The summed E-state index contributed by atoms with van der Waals surface area (Å²) in [4.78, 5) is 7.94. The Kier molecular flexibility index (Phi) is 5.03. The highest BCUT2D eigenvalue weighted by Crippen LogP contribution is 2.22. The number of nitrogens with one attached hydrogen (secondary N) is 2. The first-order valence-corrected chi connectivity index (χ1v) is 6.89. The Hall–Kier alpha value is -2.24. The first kappa shape index (κ1) is 15.2. The zero-order chi connectivity index (χ0) is 15.2. The van der Waals surface area contributed by atoms with Crippen molar-refractivity contribution in [2.75, 3.05) is 17.2 Å². The van der Waals surface area contributed by atoms with Gasteiger partial charge in [0.1, 0.15) is 5.82 Å². The summed E-state index contributed by atoms with van der Waals surface area (Å²) < 4.78 is 27.5. The van der Waals surface area contributed by atoms with Gasteiger partial charge in [-0.1, -0.05) is 25.1 Å². The van der Waals surface area contributed by atoms with Crippen LogP contribution < -0.4 is 10.6 Å². The lowest BCUT2D eigenvalue weighted by atomic mass is 10.1. The Bertz CT molecular complexity index is 604. The summed E-state index contributed by atoms with van der Waals surface area (Å²) in [5.74, 6) is -0.502. The monoisotopic (exact) mass is 292 g/mol. The Labute approximate surface area is 122 Å². The molecule has 4 nitrogen and oxygen atoms in total. The Morgan fingerprint density at radius 1 is 1.19 bits per heavy atom. The van der Waals surface area contributed by atoms with Crippen LogP contribution in [-0.4, -0.2) is 16.5 Å². The van der Waals surface area contributed by atoms with Gasteiger partial charge >= 0.3 is 0 Å². The molecule has 1 atom stereocenters. The van der Waals surface area contributed by atoms with Crippen molar-refractivity contribution in [3.8, 4) is 0 Å². The highest BCUT2D eigenvalue weighted by atomic mass is 19.1. The van der Waals surface area contributed by atoms with Gasteiger partial charge in [-0.25, -0.2) is 13.8 Å². The predicted octanol–water partition coefficient (Wildman–Crippen LogP) is 3.75. The molecule has 0 aliphatic rings. The van der Waals surface area contributed by atoms with E-state index in [9.17, 15) is 8.78 Å². The molecular weight excluding hydrogens is 274 g/mol. The molecule has 1 heterocycles. The van der Waals surface area contributed by atoms with Crippen LogP contribution in [0.1, 0.15) is 31.9 Å². The summed E-state index contributed by atoms with van der Waals surface area (Å²) in [6.07, 6.45) is 2.01.